The molecule has 0 radical (unpaired) electrons. The Kier molecular flexibility index (Phi) is 7.56. The fourth-order valence-corrected chi connectivity index (χ4v) is 5.89. The molecular formula is C29H27FN4O4S. The lowest BCUT2D eigenvalue weighted by Crippen LogP contribution is -2.38. The van der Waals surface area contributed by atoms with Crippen molar-refractivity contribution in [1.82, 2.24) is 14.8 Å². The van der Waals surface area contributed by atoms with Crippen LogP contribution in [-0.4, -0.2) is 61.2 Å². The van der Waals surface area contributed by atoms with Gasteiger partial charge in [-0.2, -0.15) is 0 Å². The normalized spacial score (nSPS) is 14.2. The average Bonchev–Trinajstić information content (AvgIpc) is 3.20. The van der Waals surface area contributed by atoms with Crippen molar-refractivity contribution >= 4 is 38.4 Å². The zero-order chi connectivity index (χ0) is 27.4. The second kappa shape index (κ2) is 11.2. The quantitative estimate of drug-likeness (QED) is 0.393. The van der Waals surface area contributed by atoms with Gasteiger partial charge in [-0.1, -0.05) is 36.4 Å². The number of rotatable bonds is 6. The molecular weight excluding hydrogens is 519 g/mol. The van der Waals surface area contributed by atoms with Gasteiger partial charge in [0.15, 0.2) is 0 Å². The Morgan fingerprint density at radius 1 is 0.846 bits per heavy atom. The van der Waals surface area contributed by atoms with Gasteiger partial charge in [0.2, 0.25) is 5.91 Å². The summed E-state index contributed by atoms with van der Waals surface area (Å²) in [7, 11) is -3.91. The van der Waals surface area contributed by atoms with Crippen LogP contribution in [0.1, 0.15) is 22.3 Å². The van der Waals surface area contributed by atoms with E-state index in [-0.39, 0.29) is 23.1 Å². The molecule has 200 valence electrons. The van der Waals surface area contributed by atoms with Crippen LogP contribution in [-0.2, 0) is 21.2 Å². The Labute approximate surface area is 226 Å². The molecule has 8 nitrogen and oxygen atoms in total. The summed E-state index contributed by atoms with van der Waals surface area (Å²) in [6, 6.07) is 21.0. The molecule has 2 heterocycles. The molecule has 0 bridgehead atoms. The minimum absolute atomic E-state index is 0.0210. The van der Waals surface area contributed by atoms with Gasteiger partial charge in [0.05, 0.1) is 11.9 Å². The summed E-state index contributed by atoms with van der Waals surface area (Å²) in [6.07, 6.45) is 2.13. The predicted octanol–water partition coefficient (Wildman–Crippen LogP) is 4.09. The summed E-state index contributed by atoms with van der Waals surface area (Å²) < 4.78 is 42.6. The number of para-hydroxylation sites is 1. The van der Waals surface area contributed by atoms with Crippen LogP contribution in [0, 0.1) is 5.82 Å². The van der Waals surface area contributed by atoms with Gasteiger partial charge in [-0.3, -0.25) is 19.3 Å². The molecule has 0 spiro atoms. The number of halogens is 1. The first kappa shape index (κ1) is 26.3. The number of carbonyl (C=O) groups excluding carboxylic acids is 2. The summed E-state index contributed by atoms with van der Waals surface area (Å²) in [5.74, 6) is -0.782. The SMILES string of the molecule is O=C(Cc1ccccc1F)N1CCCN(C(=O)c2ccc(NS(=O)(=O)c3cccc4cccnc34)cc2)CC1. The van der Waals surface area contributed by atoms with Gasteiger partial charge in [0.25, 0.3) is 15.9 Å². The van der Waals surface area contributed by atoms with Gasteiger partial charge in [0.1, 0.15) is 10.7 Å². The molecule has 1 fully saturated rings. The maximum absolute atomic E-state index is 14.0. The highest BCUT2D eigenvalue weighted by Crippen LogP contribution is 2.24. The second-order valence-electron chi connectivity index (χ2n) is 9.31. The maximum atomic E-state index is 14.0. The largest absolute Gasteiger partial charge is 0.341 e. The molecule has 5 rings (SSSR count). The lowest BCUT2D eigenvalue weighted by molar-refractivity contribution is -0.130. The Morgan fingerprint density at radius 2 is 1.56 bits per heavy atom. The Bertz CT molecular complexity index is 1620. The minimum Gasteiger partial charge on any atom is -0.341 e. The van der Waals surface area contributed by atoms with Crippen molar-refractivity contribution in [2.75, 3.05) is 30.9 Å². The number of nitrogens with zero attached hydrogens (tertiary/aromatic N) is 3. The van der Waals surface area contributed by atoms with Crippen LogP contribution in [0.5, 0.6) is 0 Å². The average molecular weight is 547 g/mol. The van der Waals surface area contributed by atoms with Crippen LogP contribution < -0.4 is 4.72 Å². The Balaban J connectivity index is 1.22. The molecule has 4 aromatic rings. The number of aromatic nitrogens is 1. The van der Waals surface area contributed by atoms with E-state index in [1.807, 2.05) is 0 Å². The Hall–Kier alpha value is -4.31. The molecule has 0 unspecified atom stereocenters. The number of sulfonamides is 1. The van der Waals surface area contributed by atoms with Crippen molar-refractivity contribution in [3.05, 3.63) is 102 Å². The molecule has 1 aromatic heterocycles. The summed E-state index contributed by atoms with van der Waals surface area (Å²) in [5.41, 5.74) is 1.46. The monoisotopic (exact) mass is 546 g/mol. The molecule has 0 atom stereocenters. The first-order valence-corrected chi connectivity index (χ1v) is 14.1. The first-order chi connectivity index (χ1) is 18.8. The smallest absolute Gasteiger partial charge is 0.264 e. The van der Waals surface area contributed by atoms with E-state index < -0.39 is 15.8 Å². The van der Waals surface area contributed by atoms with Crippen molar-refractivity contribution < 1.29 is 22.4 Å². The van der Waals surface area contributed by atoms with E-state index in [1.165, 1.54) is 12.1 Å². The second-order valence-corrected chi connectivity index (χ2v) is 11.0. The zero-order valence-corrected chi connectivity index (χ0v) is 21.9. The minimum atomic E-state index is -3.91. The molecule has 1 aliphatic heterocycles. The molecule has 0 aliphatic carbocycles. The molecule has 0 saturated carbocycles. The number of amides is 2. The van der Waals surface area contributed by atoms with Gasteiger partial charge in [-0.15, -0.1) is 0 Å². The van der Waals surface area contributed by atoms with Crippen LogP contribution in [0.4, 0.5) is 10.1 Å². The van der Waals surface area contributed by atoms with E-state index >= 15 is 0 Å². The van der Waals surface area contributed by atoms with Crippen molar-refractivity contribution in [1.29, 1.82) is 0 Å². The molecule has 10 heteroatoms. The highest BCUT2D eigenvalue weighted by atomic mass is 32.2. The number of fused-ring (bicyclic) bond motifs is 1. The van der Waals surface area contributed by atoms with Gasteiger partial charge < -0.3 is 9.80 Å². The maximum Gasteiger partial charge on any atom is 0.264 e. The van der Waals surface area contributed by atoms with Gasteiger partial charge >= 0.3 is 0 Å². The van der Waals surface area contributed by atoms with E-state index in [2.05, 4.69) is 9.71 Å². The molecule has 1 aliphatic rings. The number of benzene rings is 3. The lowest BCUT2D eigenvalue weighted by atomic mass is 10.1. The van der Waals surface area contributed by atoms with Gasteiger partial charge in [0, 0.05) is 49.0 Å². The number of carbonyl (C=O) groups is 2. The van der Waals surface area contributed by atoms with Crippen molar-refractivity contribution in [3.8, 4) is 0 Å². The highest BCUT2D eigenvalue weighted by Gasteiger charge is 2.24. The van der Waals surface area contributed by atoms with E-state index in [9.17, 15) is 22.4 Å². The molecule has 1 saturated heterocycles. The van der Waals surface area contributed by atoms with E-state index in [4.69, 9.17) is 0 Å². The summed E-state index contributed by atoms with van der Waals surface area (Å²) >= 11 is 0. The van der Waals surface area contributed by atoms with E-state index in [0.29, 0.717) is 60.3 Å². The van der Waals surface area contributed by atoms with Crippen LogP contribution >= 0.6 is 0 Å². The fourth-order valence-electron chi connectivity index (χ4n) is 4.65. The number of nitrogens with one attached hydrogen (secondary N) is 1. The highest BCUT2D eigenvalue weighted by molar-refractivity contribution is 7.93. The molecule has 2 amide bonds. The molecule has 3 aromatic carbocycles. The topological polar surface area (TPSA) is 99.7 Å². The van der Waals surface area contributed by atoms with E-state index in [1.54, 1.807) is 82.7 Å². The predicted molar refractivity (Wildman–Crippen MR) is 146 cm³/mol. The van der Waals surface area contributed by atoms with Crippen LogP contribution in [0.25, 0.3) is 10.9 Å². The standard InChI is InChI=1S/C29H27FN4O4S/c30-25-9-2-1-6-23(25)20-27(35)33-16-5-17-34(19-18-33)29(36)22-11-13-24(14-12-22)32-39(37,38)26-10-3-7-21-8-4-15-31-28(21)26/h1-4,6-15,32H,5,16-20H2. The van der Waals surface area contributed by atoms with Crippen LogP contribution in [0.3, 0.4) is 0 Å². The van der Waals surface area contributed by atoms with Crippen molar-refractivity contribution in [2.45, 2.75) is 17.7 Å². The summed E-state index contributed by atoms with van der Waals surface area (Å²) in [4.78, 5) is 33.5. The third-order valence-corrected chi connectivity index (χ3v) is 8.12. The van der Waals surface area contributed by atoms with Crippen molar-refractivity contribution in [3.63, 3.8) is 0 Å². The number of hydrogen-bond acceptors (Lipinski definition) is 5. The van der Waals surface area contributed by atoms with Crippen molar-refractivity contribution in [2.24, 2.45) is 0 Å². The molecule has 39 heavy (non-hydrogen) atoms. The lowest BCUT2D eigenvalue weighted by Gasteiger charge is -2.22. The third-order valence-electron chi connectivity index (χ3n) is 6.70. The van der Waals surface area contributed by atoms with Crippen LogP contribution in [0.2, 0.25) is 0 Å². The Morgan fingerprint density at radius 3 is 2.36 bits per heavy atom. The number of hydrogen-bond donors (Lipinski definition) is 1. The summed E-state index contributed by atoms with van der Waals surface area (Å²) in [6.45, 7) is 1.67. The number of anilines is 1. The fraction of sp³-hybridized carbons (Fsp3) is 0.207. The third kappa shape index (κ3) is 5.91. The first-order valence-electron chi connectivity index (χ1n) is 12.6. The number of pyridine rings is 1. The summed E-state index contributed by atoms with van der Waals surface area (Å²) in [5, 5.41) is 0.714. The zero-order valence-electron chi connectivity index (χ0n) is 21.1. The molecule has 1 N–H and O–H groups in total. The van der Waals surface area contributed by atoms with Gasteiger partial charge in [-0.25, -0.2) is 12.8 Å². The van der Waals surface area contributed by atoms with E-state index in [0.717, 1.165) is 0 Å². The van der Waals surface area contributed by atoms with Crippen LogP contribution in [0.15, 0.2) is 90.0 Å². The van der Waals surface area contributed by atoms with Gasteiger partial charge in [-0.05, 0) is 54.4 Å².